The molecule has 4 aromatic rings. The third kappa shape index (κ3) is 6.24. The second-order valence-electron chi connectivity index (χ2n) is 11.4. The van der Waals surface area contributed by atoms with E-state index < -0.39 is 11.9 Å². The summed E-state index contributed by atoms with van der Waals surface area (Å²) in [6.45, 7) is 6.00. The van der Waals surface area contributed by atoms with Gasteiger partial charge in [-0.3, -0.25) is 9.59 Å². The maximum absolute atomic E-state index is 13.3. The van der Waals surface area contributed by atoms with Crippen LogP contribution in [0.4, 0.5) is 23.5 Å². The maximum Gasteiger partial charge on any atom is 0.254 e. The van der Waals surface area contributed by atoms with Crippen LogP contribution in [-0.2, 0) is 14.3 Å². The lowest BCUT2D eigenvalue weighted by atomic mass is 10.00. The Kier molecular flexibility index (Phi) is 8.13. The van der Waals surface area contributed by atoms with E-state index in [1.807, 2.05) is 24.3 Å². The molecule has 0 spiro atoms. The Morgan fingerprint density at radius 3 is 2.13 bits per heavy atom. The topological polar surface area (TPSA) is 168 Å². The van der Waals surface area contributed by atoms with Crippen LogP contribution in [0.15, 0.2) is 42.5 Å². The number of morpholine rings is 2. The minimum atomic E-state index is -0.571. The first-order valence-electron chi connectivity index (χ1n) is 15.4. The minimum Gasteiger partial charge on any atom is -0.378 e. The number of likely N-dealkylation sites (tertiary alicyclic amines) is 1. The molecule has 2 aromatic carbocycles. The Morgan fingerprint density at radius 1 is 0.822 bits per heavy atom. The highest BCUT2D eigenvalue weighted by molar-refractivity contribution is 6.00. The van der Waals surface area contributed by atoms with E-state index >= 15 is 0 Å². The van der Waals surface area contributed by atoms with Crippen molar-refractivity contribution in [3.05, 3.63) is 48.0 Å². The third-order valence-corrected chi connectivity index (χ3v) is 8.43. The van der Waals surface area contributed by atoms with Crippen molar-refractivity contribution in [1.82, 2.24) is 29.8 Å². The van der Waals surface area contributed by atoms with E-state index in [2.05, 4.69) is 25.1 Å². The lowest BCUT2D eigenvalue weighted by Crippen LogP contribution is -2.50. The molecule has 234 valence electrons. The lowest BCUT2D eigenvalue weighted by Gasteiger charge is -2.33. The van der Waals surface area contributed by atoms with Crippen LogP contribution < -0.4 is 20.9 Å². The summed E-state index contributed by atoms with van der Waals surface area (Å²) in [4.78, 5) is 53.4. The number of aromatic amines is 1. The molecule has 2 aromatic heterocycles. The number of hydrogen-bond acceptors (Lipinski definition) is 11. The summed E-state index contributed by atoms with van der Waals surface area (Å²) in [5.41, 5.74) is 9.18. The molecule has 1 atom stereocenters. The smallest absolute Gasteiger partial charge is 0.254 e. The number of aromatic nitrogens is 5. The fourth-order valence-corrected chi connectivity index (χ4v) is 5.97. The average molecular weight is 613 g/mol. The molecule has 3 fully saturated rings. The molecule has 14 heteroatoms. The maximum atomic E-state index is 13.3. The summed E-state index contributed by atoms with van der Waals surface area (Å²) in [5, 5.41) is 3.31. The number of rotatable bonds is 7. The molecule has 3 saturated heterocycles. The molecule has 0 aliphatic carbocycles. The van der Waals surface area contributed by atoms with Gasteiger partial charge in [-0.05, 0) is 61.7 Å². The summed E-state index contributed by atoms with van der Waals surface area (Å²) in [5.74, 6) is 1.78. The number of imidazole rings is 1. The zero-order valence-corrected chi connectivity index (χ0v) is 24.9. The zero-order chi connectivity index (χ0) is 30.8. The molecule has 0 bridgehead atoms. The van der Waals surface area contributed by atoms with Crippen LogP contribution in [0.5, 0.6) is 0 Å². The van der Waals surface area contributed by atoms with Gasteiger partial charge in [-0.1, -0.05) is 0 Å². The highest BCUT2D eigenvalue weighted by Gasteiger charge is 2.31. The first-order valence-corrected chi connectivity index (χ1v) is 15.4. The third-order valence-electron chi connectivity index (χ3n) is 8.43. The SMILES string of the molecule is NC(=O)C1CCCCN1C(=O)c1ccc2nc(Nc3ccc(-c4nc(N5CCOCC5)nc(N5CCOCC5)n4)cc3)[nH]c2c1. The first kappa shape index (κ1) is 28.9. The molecule has 3 aliphatic rings. The number of fused-ring (bicyclic) bond motifs is 1. The highest BCUT2D eigenvalue weighted by atomic mass is 16.5. The summed E-state index contributed by atoms with van der Waals surface area (Å²) in [6.07, 6.45) is 2.33. The van der Waals surface area contributed by atoms with Gasteiger partial charge >= 0.3 is 0 Å². The van der Waals surface area contributed by atoms with Crippen molar-refractivity contribution < 1.29 is 19.1 Å². The molecule has 14 nitrogen and oxygen atoms in total. The number of hydrogen-bond donors (Lipinski definition) is 3. The van der Waals surface area contributed by atoms with Gasteiger partial charge in [0.05, 0.1) is 37.5 Å². The summed E-state index contributed by atoms with van der Waals surface area (Å²) < 4.78 is 11.1. The van der Waals surface area contributed by atoms with Crippen molar-refractivity contribution in [2.24, 2.45) is 5.73 Å². The molecular formula is C31H36N10O4. The van der Waals surface area contributed by atoms with Crippen molar-refractivity contribution in [2.45, 2.75) is 25.3 Å². The van der Waals surface area contributed by atoms with Gasteiger partial charge in [-0.15, -0.1) is 0 Å². The summed E-state index contributed by atoms with van der Waals surface area (Å²) in [6, 6.07) is 12.6. The van der Waals surface area contributed by atoms with Crippen LogP contribution in [0.1, 0.15) is 29.6 Å². The highest BCUT2D eigenvalue weighted by Crippen LogP contribution is 2.26. The van der Waals surface area contributed by atoms with Gasteiger partial charge in [0.15, 0.2) is 5.82 Å². The molecule has 0 saturated carbocycles. The molecule has 7 rings (SSSR count). The second kappa shape index (κ2) is 12.7. The number of piperidine rings is 1. The zero-order valence-electron chi connectivity index (χ0n) is 24.9. The van der Waals surface area contributed by atoms with Gasteiger partial charge in [0.1, 0.15) is 6.04 Å². The largest absolute Gasteiger partial charge is 0.378 e. The predicted octanol–water partition coefficient (Wildman–Crippen LogP) is 2.31. The monoisotopic (exact) mass is 612 g/mol. The number of benzene rings is 2. The Bertz CT molecular complexity index is 1650. The van der Waals surface area contributed by atoms with Crippen molar-refractivity contribution in [3.63, 3.8) is 0 Å². The van der Waals surface area contributed by atoms with E-state index in [-0.39, 0.29) is 5.91 Å². The number of carbonyl (C=O) groups is 2. The van der Waals surface area contributed by atoms with Gasteiger partial charge < -0.3 is 40.2 Å². The van der Waals surface area contributed by atoms with E-state index in [0.717, 1.165) is 50.3 Å². The van der Waals surface area contributed by atoms with Gasteiger partial charge in [0, 0.05) is 49.5 Å². The quantitative estimate of drug-likeness (QED) is 0.280. The van der Waals surface area contributed by atoms with Gasteiger partial charge in [-0.25, -0.2) is 4.98 Å². The Balaban J connectivity index is 1.09. The van der Waals surface area contributed by atoms with E-state index in [9.17, 15) is 9.59 Å². The molecule has 0 radical (unpaired) electrons. The number of H-pyrrole nitrogens is 1. The van der Waals surface area contributed by atoms with Gasteiger partial charge in [-0.2, -0.15) is 15.0 Å². The van der Waals surface area contributed by atoms with Crippen LogP contribution in [0.3, 0.4) is 0 Å². The predicted molar refractivity (Wildman–Crippen MR) is 169 cm³/mol. The number of nitrogens with zero attached hydrogens (tertiary/aromatic N) is 7. The molecule has 1 unspecified atom stereocenters. The number of primary amides is 1. The summed E-state index contributed by atoms with van der Waals surface area (Å²) >= 11 is 0. The number of nitrogens with one attached hydrogen (secondary N) is 2. The Hall–Kier alpha value is -4.82. The Morgan fingerprint density at radius 2 is 1.49 bits per heavy atom. The van der Waals surface area contributed by atoms with E-state index in [4.69, 9.17) is 30.2 Å². The fourth-order valence-electron chi connectivity index (χ4n) is 5.97. The van der Waals surface area contributed by atoms with Crippen LogP contribution in [0, 0.1) is 0 Å². The van der Waals surface area contributed by atoms with Gasteiger partial charge in [0.2, 0.25) is 23.8 Å². The van der Waals surface area contributed by atoms with Crippen LogP contribution in [0.25, 0.3) is 22.4 Å². The molecule has 4 N–H and O–H groups in total. The lowest BCUT2D eigenvalue weighted by molar-refractivity contribution is -0.123. The number of anilines is 4. The molecule has 45 heavy (non-hydrogen) atoms. The molecule has 5 heterocycles. The minimum absolute atomic E-state index is 0.202. The molecule has 3 aliphatic heterocycles. The Labute approximate surface area is 259 Å². The van der Waals surface area contributed by atoms with E-state index in [0.29, 0.717) is 79.7 Å². The van der Waals surface area contributed by atoms with Crippen LogP contribution in [0.2, 0.25) is 0 Å². The molecule has 2 amide bonds. The van der Waals surface area contributed by atoms with Crippen molar-refractivity contribution >= 4 is 46.4 Å². The second-order valence-corrected chi connectivity index (χ2v) is 11.4. The van der Waals surface area contributed by atoms with E-state index in [1.165, 1.54) is 0 Å². The first-order chi connectivity index (χ1) is 22.0. The number of nitrogens with two attached hydrogens (primary N) is 1. The van der Waals surface area contributed by atoms with Crippen molar-refractivity contribution in [2.75, 3.05) is 74.3 Å². The van der Waals surface area contributed by atoms with Crippen molar-refractivity contribution in [3.8, 4) is 11.4 Å². The fraction of sp³-hybridized carbons (Fsp3) is 0.419. The average Bonchev–Trinajstić information content (AvgIpc) is 3.50. The number of carbonyl (C=O) groups excluding carboxylic acids is 2. The summed E-state index contributed by atoms with van der Waals surface area (Å²) in [7, 11) is 0. The van der Waals surface area contributed by atoms with Crippen molar-refractivity contribution in [1.29, 1.82) is 0 Å². The normalized spacial score (nSPS) is 19.1. The van der Waals surface area contributed by atoms with E-state index in [1.54, 1.807) is 23.1 Å². The number of amides is 2. The number of ether oxygens (including phenoxy) is 2. The standard InChI is InChI=1S/C31H36N10O4/c32-26(42)25-3-1-2-10-41(25)28(43)21-6-9-23-24(19-21)35-29(34-23)33-22-7-4-20(5-8-22)27-36-30(39-11-15-44-16-12-39)38-31(37-27)40-13-17-45-18-14-40/h4-9,19,25H,1-3,10-18H2,(H2,32,42)(H2,33,34,35). The van der Waals surface area contributed by atoms with Crippen LogP contribution >= 0.6 is 0 Å². The van der Waals surface area contributed by atoms with Gasteiger partial charge in [0.25, 0.3) is 5.91 Å². The van der Waals surface area contributed by atoms with Crippen LogP contribution in [-0.4, -0.2) is 107 Å². The molecular weight excluding hydrogens is 576 g/mol.